The Morgan fingerprint density at radius 3 is 2.69 bits per heavy atom. The number of alkyl halides is 1. The van der Waals surface area contributed by atoms with E-state index in [2.05, 4.69) is 35.0 Å². The second kappa shape index (κ2) is 5.28. The molecule has 0 saturated heterocycles. The van der Waals surface area contributed by atoms with Crippen LogP contribution in [-0.2, 0) is 6.42 Å². The summed E-state index contributed by atoms with van der Waals surface area (Å²) < 4.78 is 5.15. The minimum atomic E-state index is 0.945. The Balaban J connectivity index is 2.73. The fourth-order valence-electron chi connectivity index (χ4n) is 1.33. The Kier molecular flexibility index (Phi) is 4.29. The highest BCUT2D eigenvalue weighted by Gasteiger charge is 1.99. The van der Waals surface area contributed by atoms with Crippen molar-refractivity contribution in [3.63, 3.8) is 0 Å². The molecule has 2 heteroatoms. The topological polar surface area (TPSA) is 9.23 Å². The maximum Gasteiger partial charge on any atom is 0.119 e. The summed E-state index contributed by atoms with van der Waals surface area (Å²) in [6.45, 7) is 2.13. The Labute approximate surface area is 88.2 Å². The molecule has 0 radical (unpaired) electrons. The molecule has 0 aliphatic carbocycles. The van der Waals surface area contributed by atoms with Crippen molar-refractivity contribution < 1.29 is 4.74 Å². The van der Waals surface area contributed by atoms with Crippen LogP contribution in [0.1, 0.15) is 17.5 Å². The highest BCUT2D eigenvalue weighted by Crippen LogP contribution is 2.18. The predicted octanol–water partition coefficient (Wildman–Crippen LogP) is 3.33. The molecule has 0 heterocycles. The second-order valence-electron chi connectivity index (χ2n) is 3.08. The third-order valence-electron chi connectivity index (χ3n) is 2.13. The molecule has 13 heavy (non-hydrogen) atoms. The molecule has 1 rings (SSSR count). The van der Waals surface area contributed by atoms with E-state index in [1.165, 1.54) is 17.5 Å². The summed E-state index contributed by atoms with van der Waals surface area (Å²) >= 11 is 3.43. The van der Waals surface area contributed by atoms with Crippen LogP contribution in [0.4, 0.5) is 0 Å². The first kappa shape index (κ1) is 10.6. The number of rotatable bonds is 4. The summed E-state index contributed by atoms with van der Waals surface area (Å²) in [5.41, 5.74) is 2.74. The van der Waals surface area contributed by atoms with Gasteiger partial charge in [0.05, 0.1) is 7.11 Å². The van der Waals surface area contributed by atoms with Crippen molar-refractivity contribution >= 4 is 15.9 Å². The molecule has 0 aliphatic heterocycles. The standard InChI is InChI=1S/C11H15BrO/c1-9-8-11(13-2)6-5-10(9)4-3-7-12/h5-6,8H,3-4,7H2,1-2H3. The van der Waals surface area contributed by atoms with Gasteiger partial charge in [0, 0.05) is 5.33 Å². The smallest absolute Gasteiger partial charge is 0.119 e. The van der Waals surface area contributed by atoms with E-state index >= 15 is 0 Å². The lowest BCUT2D eigenvalue weighted by Crippen LogP contribution is -1.92. The van der Waals surface area contributed by atoms with E-state index in [-0.39, 0.29) is 0 Å². The number of ether oxygens (including phenoxy) is 1. The normalized spacial score (nSPS) is 10.1. The summed E-state index contributed by atoms with van der Waals surface area (Å²) in [6.07, 6.45) is 2.33. The van der Waals surface area contributed by atoms with Crippen molar-refractivity contribution in [2.45, 2.75) is 19.8 Å². The summed E-state index contributed by atoms with van der Waals surface area (Å²) in [5, 5.41) is 1.07. The lowest BCUT2D eigenvalue weighted by molar-refractivity contribution is 0.414. The van der Waals surface area contributed by atoms with Crippen LogP contribution in [0.3, 0.4) is 0 Å². The quantitative estimate of drug-likeness (QED) is 0.737. The van der Waals surface area contributed by atoms with Crippen molar-refractivity contribution in [3.8, 4) is 5.75 Å². The van der Waals surface area contributed by atoms with Crippen LogP contribution < -0.4 is 4.74 Å². The Morgan fingerprint density at radius 1 is 1.38 bits per heavy atom. The molecule has 1 aromatic carbocycles. The average molecular weight is 243 g/mol. The van der Waals surface area contributed by atoms with Gasteiger partial charge < -0.3 is 4.74 Å². The Morgan fingerprint density at radius 2 is 2.15 bits per heavy atom. The minimum Gasteiger partial charge on any atom is -0.497 e. The SMILES string of the molecule is COc1ccc(CCCBr)c(C)c1. The van der Waals surface area contributed by atoms with E-state index in [0.717, 1.165) is 17.5 Å². The van der Waals surface area contributed by atoms with Crippen molar-refractivity contribution in [1.82, 2.24) is 0 Å². The van der Waals surface area contributed by atoms with Crippen LogP contribution >= 0.6 is 15.9 Å². The monoisotopic (exact) mass is 242 g/mol. The molecule has 0 N–H and O–H groups in total. The number of methoxy groups -OCH3 is 1. The van der Waals surface area contributed by atoms with Crippen molar-refractivity contribution in [3.05, 3.63) is 29.3 Å². The zero-order valence-electron chi connectivity index (χ0n) is 8.14. The highest BCUT2D eigenvalue weighted by molar-refractivity contribution is 9.09. The van der Waals surface area contributed by atoms with Gasteiger partial charge in [-0.3, -0.25) is 0 Å². The molecule has 0 bridgehead atoms. The van der Waals surface area contributed by atoms with Gasteiger partial charge in [0.15, 0.2) is 0 Å². The van der Waals surface area contributed by atoms with Crippen LogP contribution in [0.5, 0.6) is 5.75 Å². The minimum absolute atomic E-state index is 0.945. The van der Waals surface area contributed by atoms with Gasteiger partial charge in [-0.25, -0.2) is 0 Å². The fourth-order valence-corrected chi connectivity index (χ4v) is 1.61. The molecule has 0 atom stereocenters. The third-order valence-corrected chi connectivity index (χ3v) is 2.69. The summed E-state index contributed by atoms with van der Waals surface area (Å²) in [4.78, 5) is 0. The van der Waals surface area contributed by atoms with Crippen LogP contribution in [0, 0.1) is 6.92 Å². The van der Waals surface area contributed by atoms with Crippen LogP contribution in [0.2, 0.25) is 0 Å². The molecule has 0 saturated carbocycles. The first-order valence-corrected chi connectivity index (χ1v) is 5.59. The molecule has 1 aromatic rings. The van der Waals surface area contributed by atoms with E-state index < -0.39 is 0 Å². The third kappa shape index (κ3) is 3.03. The zero-order valence-corrected chi connectivity index (χ0v) is 9.73. The second-order valence-corrected chi connectivity index (χ2v) is 3.88. The molecular weight excluding hydrogens is 228 g/mol. The van der Waals surface area contributed by atoms with E-state index in [4.69, 9.17) is 4.74 Å². The zero-order chi connectivity index (χ0) is 9.68. The fraction of sp³-hybridized carbons (Fsp3) is 0.455. The van der Waals surface area contributed by atoms with Gasteiger partial charge in [0.25, 0.3) is 0 Å². The first-order chi connectivity index (χ1) is 6.27. The first-order valence-electron chi connectivity index (χ1n) is 4.47. The highest BCUT2D eigenvalue weighted by atomic mass is 79.9. The van der Waals surface area contributed by atoms with E-state index in [1.54, 1.807) is 7.11 Å². The molecule has 0 fully saturated rings. The van der Waals surface area contributed by atoms with Gasteiger partial charge in [-0.1, -0.05) is 22.0 Å². The molecular formula is C11H15BrO. The van der Waals surface area contributed by atoms with Crippen molar-refractivity contribution in [1.29, 1.82) is 0 Å². The maximum atomic E-state index is 5.15. The number of aryl methyl sites for hydroxylation is 2. The molecule has 1 nitrogen and oxygen atoms in total. The van der Waals surface area contributed by atoms with Gasteiger partial charge in [-0.15, -0.1) is 0 Å². The summed E-state index contributed by atoms with van der Waals surface area (Å²) in [6, 6.07) is 6.26. The maximum absolute atomic E-state index is 5.15. The lowest BCUT2D eigenvalue weighted by Gasteiger charge is -2.06. The van der Waals surface area contributed by atoms with Crippen molar-refractivity contribution in [2.75, 3.05) is 12.4 Å². The van der Waals surface area contributed by atoms with Crippen LogP contribution in [0.25, 0.3) is 0 Å². The Bertz CT molecular complexity index is 271. The molecule has 72 valence electrons. The van der Waals surface area contributed by atoms with Crippen LogP contribution in [0.15, 0.2) is 18.2 Å². The predicted molar refractivity (Wildman–Crippen MR) is 59.8 cm³/mol. The van der Waals surface area contributed by atoms with Gasteiger partial charge >= 0.3 is 0 Å². The van der Waals surface area contributed by atoms with Gasteiger partial charge in [-0.05, 0) is 43.0 Å². The molecule has 0 aromatic heterocycles. The number of halogens is 1. The van der Waals surface area contributed by atoms with E-state index in [9.17, 15) is 0 Å². The molecule has 0 amide bonds. The largest absolute Gasteiger partial charge is 0.497 e. The number of benzene rings is 1. The van der Waals surface area contributed by atoms with E-state index in [1.807, 2.05) is 6.07 Å². The van der Waals surface area contributed by atoms with Gasteiger partial charge in [0.2, 0.25) is 0 Å². The van der Waals surface area contributed by atoms with Crippen LogP contribution in [-0.4, -0.2) is 12.4 Å². The average Bonchev–Trinajstić information content (AvgIpc) is 2.16. The Hall–Kier alpha value is -0.500. The summed E-state index contributed by atoms with van der Waals surface area (Å²) in [7, 11) is 1.70. The number of hydrogen-bond acceptors (Lipinski definition) is 1. The summed E-state index contributed by atoms with van der Waals surface area (Å²) in [5.74, 6) is 0.945. The molecule has 0 aliphatic rings. The van der Waals surface area contributed by atoms with Crippen molar-refractivity contribution in [2.24, 2.45) is 0 Å². The van der Waals surface area contributed by atoms with Gasteiger partial charge in [0.1, 0.15) is 5.75 Å². The lowest BCUT2D eigenvalue weighted by atomic mass is 10.0. The van der Waals surface area contributed by atoms with E-state index in [0.29, 0.717) is 0 Å². The van der Waals surface area contributed by atoms with Gasteiger partial charge in [-0.2, -0.15) is 0 Å². The molecule has 0 unspecified atom stereocenters. The molecule has 0 spiro atoms. The number of hydrogen-bond donors (Lipinski definition) is 0.